The predicted octanol–water partition coefficient (Wildman–Crippen LogP) is 3.56. The van der Waals surface area contributed by atoms with Crippen molar-refractivity contribution in [2.45, 2.75) is 48.4 Å². The number of piperidine rings is 1. The molecule has 1 fully saturated rings. The largest absolute Gasteiger partial charge is 0.360 e. The maximum absolute atomic E-state index is 13.3. The van der Waals surface area contributed by atoms with Crippen molar-refractivity contribution in [3.63, 3.8) is 0 Å². The van der Waals surface area contributed by atoms with Crippen molar-refractivity contribution in [2.24, 2.45) is 11.8 Å². The monoisotopic (exact) mass is 442 g/mol. The van der Waals surface area contributed by atoms with Gasteiger partial charge in [-0.15, -0.1) is 0 Å². The number of sulfone groups is 2. The summed E-state index contributed by atoms with van der Waals surface area (Å²) < 4.78 is 51.4. The summed E-state index contributed by atoms with van der Waals surface area (Å²) in [5, 5.41) is 0.292. The van der Waals surface area contributed by atoms with Gasteiger partial charge in [-0.05, 0) is 37.3 Å². The second-order valence-corrected chi connectivity index (χ2v) is 13.0. The van der Waals surface area contributed by atoms with Crippen LogP contribution in [0, 0.1) is 18.8 Å². The van der Waals surface area contributed by atoms with Crippen molar-refractivity contribution in [1.82, 2.24) is 4.98 Å². The zero-order valence-corrected chi connectivity index (χ0v) is 19.0. The zero-order valence-electron chi connectivity index (χ0n) is 16.5. The van der Waals surface area contributed by atoms with E-state index in [1.165, 1.54) is 6.92 Å². The molecular weight excluding hydrogens is 416 g/mol. The van der Waals surface area contributed by atoms with E-state index in [0.717, 1.165) is 23.3 Å². The molecule has 0 bridgehead atoms. The Balaban J connectivity index is 2.17. The van der Waals surface area contributed by atoms with E-state index in [9.17, 15) is 16.8 Å². The van der Waals surface area contributed by atoms with Crippen LogP contribution in [0.25, 0.3) is 0 Å². The van der Waals surface area contributed by atoms with Crippen LogP contribution in [0.2, 0.25) is 0 Å². The van der Waals surface area contributed by atoms with Crippen molar-refractivity contribution in [2.75, 3.05) is 23.7 Å². The minimum atomic E-state index is -3.93. The number of benzene rings is 1. The van der Waals surface area contributed by atoms with Crippen LogP contribution in [-0.4, -0.2) is 40.7 Å². The smallest absolute Gasteiger partial charge is 0.226 e. The molecule has 0 radical (unpaired) electrons. The molecule has 2 heterocycles. The molecule has 0 aliphatic carbocycles. The molecule has 28 heavy (non-hydrogen) atoms. The molecule has 1 aromatic carbocycles. The molecule has 1 aliphatic heterocycles. The van der Waals surface area contributed by atoms with E-state index in [-0.39, 0.29) is 20.0 Å². The van der Waals surface area contributed by atoms with Gasteiger partial charge >= 0.3 is 0 Å². The molecule has 0 unspecified atom stereocenters. The lowest BCUT2D eigenvalue weighted by molar-refractivity contribution is 0.357. The molecule has 0 saturated carbocycles. The highest BCUT2D eigenvalue weighted by Gasteiger charge is 2.34. The second-order valence-electron chi connectivity index (χ2n) is 7.66. The summed E-state index contributed by atoms with van der Waals surface area (Å²) in [6.07, 6.45) is 1.06. The quantitative estimate of drug-likeness (QED) is 0.704. The van der Waals surface area contributed by atoms with E-state index >= 15 is 0 Å². The molecule has 2 atom stereocenters. The van der Waals surface area contributed by atoms with Crippen molar-refractivity contribution in [3.05, 3.63) is 29.8 Å². The van der Waals surface area contributed by atoms with Gasteiger partial charge < -0.3 is 4.90 Å². The number of hydrogen-bond acceptors (Lipinski definition) is 7. The summed E-state index contributed by atoms with van der Waals surface area (Å²) in [4.78, 5) is 6.27. The Morgan fingerprint density at radius 3 is 2.18 bits per heavy atom. The molecule has 3 rings (SSSR count). The van der Waals surface area contributed by atoms with Crippen LogP contribution >= 0.6 is 11.3 Å². The number of anilines is 1. The van der Waals surface area contributed by atoms with E-state index in [4.69, 9.17) is 0 Å². The Labute approximate surface area is 171 Å². The fourth-order valence-electron chi connectivity index (χ4n) is 3.57. The van der Waals surface area contributed by atoms with Gasteiger partial charge in [-0.1, -0.05) is 49.8 Å². The van der Waals surface area contributed by atoms with Crippen molar-refractivity contribution in [1.29, 1.82) is 0 Å². The van der Waals surface area contributed by atoms with Crippen LogP contribution in [0.1, 0.15) is 32.8 Å². The number of rotatable bonds is 5. The van der Waals surface area contributed by atoms with E-state index in [1.807, 2.05) is 11.8 Å². The molecular formula is C19H26N2O4S3. The van der Waals surface area contributed by atoms with Crippen molar-refractivity contribution >= 4 is 36.0 Å². The summed E-state index contributed by atoms with van der Waals surface area (Å²) in [5.74, 6) is 0.676. The minimum Gasteiger partial charge on any atom is -0.360 e. The Morgan fingerprint density at radius 2 is 1.64 bits per heavy atom. The van der Waals surface area contributed by atoms with Gasteiger partial charge in [0.2, 0.25) is 24.0 Å². The maximum atomic E-state index is 13.3. The fourth-order valence-corrected chi connectivity index (χ4v) is 7.72. The number of aromatic nitrogens is 1. The average Bonchev–Trinajstić information content (AvgIpc) is 3.08. The third kappa shape index (κ3) is 4.11. The molecule has 1 aromatic heterocycles. The Kier molecular flexibility index (Phi) is 5.89. The molecule has 6 nitrogen and oxygen atoms in total. The standard InChI is InChI=1S/C19H26N2O4S3/c1-5-27(22,23)19-20-17(28(24,25)16-8-6-13(2)7-9-16)18(26-19)21-11-14(3)10-15(4)12-21/h6-9,14-15H,5,10-12H2,1-4H3/t14-,15-/m1/s1. The van der Waals surface area contributed by atoms with E-state index in [2.05, 4.69) is 18.8 Å². The van der Waals surface area contributed by atoms with E-state index in [0.29, 0.717) is 29.9 Å². The lowest BCUT2D eigenvalue weighted by Gasteiger charge is -2.35. The van der Waals surface area contributed by atoms with Crippen LogP contribution in [-0.2, 0) is 19.7 Å². The van der Waals surface area contributed by atoms with Crippen LogP contribution in [0.3, 0.4) is 0 Å². The summed E-state index contributed by atoms with van der Waals surface area (Å²) in [6, 6.07) is 6.55. The first kappa shape index (κ1) is 21.3. The summed E-state index contributed by atoms with van der Waals surface area (Å²) >= 11 is 0.974. The number of aryl methyl sites for hydroxylation is 1. The lowest BCUT2D eigenvalue weighted by atomic mass is 9.92. The van der Waals surface area contributed by atoms with Crippen LogP contribution in [0.5, 0.6) is 0 Å². The normalized spacial score (nSPS) is 21.1. The Bertz CT molecular complexity index is 1050. The van der Waals surface area contributed by atoms with Gasteiger partial charge in [0.25, 0.3) is 0 Å². The number of thiazole rings is 1. The van der Waals surface area contributed by atoms with E-state index < -0.39 is 19.7 Å². The third-order valence-electron chi connectivity index (χ3n) is 4.95. The topological polar surface area (TPSA) is 84.4 Å². The molecule has 1 aliphatic rings. The van der Waals surface area contributed by atoms with Gasteiger partial charge in [-0.25, -0.2) is 21.8 Å². The fraction of sp³-hybridized carbons (Fsp3) is 0.526. The Morgan fingerprint density at radius 1 is 1.07 bits per heavy atom. The predicted molar refractivity (Wildman–Crippen MR) is 112 cm³/mol. The highest BCUT2D eigenvalue weighted by Crippen LogP contribution is 2.40. The summed E-state index contributed by atoms with van der Waals surface area (Å²) in [5.41, 5.74) is 0.949. The third-order valence-corrected chi connectivity index (χ3v) is 10.1. The summed E-state index contributed by atoms with van der Waals surface area (Å²) in [7, 11) is -7.52. The molecule has 9 heteroatoms. The maximum Gasteiger partial charge on any atom is 0.226 e. The highest BCUT2D eigenvalue weighted by molar-refractivity contribution is 7.94. The first-order valence-corrected chi connectivity index (χ1v) is 13.3. The van der Waals surface area contributed by atoms with Crippen LogP contribution < -0.4 is 4.90 Å². The second kappa shape index (κ2) is 7.76. The van der Waals surface area contributed by atoms with Gasteiger partial charge in [0, 0.05) is 13.1 Å². The lowest BCUT2D eigenvalue weighted by Crippen LogP contribution is -2.38. The molecule has 0 amide bonds. The Hall–Kier alpha value is -1.45. The minimum absolute atomic E-state index is 0.114. The van der Waals surface area contributed by atoms with Crippen molar-refractivity contribution in [3.8, 4) is 0 Å². The van der Waals surface area contributed by atoms with Crippen LogP contribution in [0.15, 0.2) is 38.5 Å². The van der Waals surface area contributed by atoms with Gasteiger partial charge in [0.05, 0.1) is 10.6 Å². The first-order chi connectivity index (χ1) is 13.0. The van der Waals surface area contributed by atoms with E-state index in [1.54, 1.807) is 24.3 Å². The van der Waals surface area contributed by atoms with Crippen LogP contribution in [0.4, 0.5) is 5.00 Å². The highest BCUT2D eigenvalue weighted by atomic mass is 32.2. The zero-order chi connectivity index (χ0) is 20.7. The summed E-state index contributed by atoms with van der Waals surface area (Å²) in [6.45, 7) is 9.05. The molecule has 0 spiro atoms. The number of nitrogens with zero attached hydrogens (tertiary/aromatic N) is 2. The molecule has 154 valence electrons. The molecule has 2 aromatic rings. The van der Waals surface area contributed by atoms with Gasteiger partial charge in [0.1, 0.15) is 5.00 Å². The first-order valence-electron chi connectivity index (χ1n) is 9.35. The van der Waals surface area contributed by atoms with Gasteiger partial charge in [-0.3, -0.25) is 0 Å². The molecule has 0 N–H and O–H groups in total. The SMILES string of the molecule is CCS(=O)(=O)c1nc(S(=O)(=O)c2ccc(C)cc2)c(N2C[C@H](C)C[C@@H](C)C2)s1. The molecule has 1 saturated heterocycles. The average molecular weight is 443 g/mol. The van der Waals surface area contributed by atoms with Gasteiger partial charge in [-0.2, -0.15) is 0 Å². The van der Waals surface area contributed by atoms with Gasteiger partial charge in [0.15, 0.2) is 5.03 Å². The van der Waals surface area contributed by atoms with Crippen molar-refractivity contribution < 1.29 is 16.8 Å². The number of hydrogen-bond donors (Lipinski definition) is 0.